The van der Waals surface area contributed by atoms with E-state index in [-0.39, 0.29) is 5.91 Å². The van der Waals surface area contributed by atoms with Crippen molar-refractivity contribution >= 4 is 34.9 Å². The van der Waals surface area contributed by atoms with Crippen molar-refractivity contribution in [3.8, 4) is 0 Å². The predicted molar refractivity (Wildman–Crippen MR) is 88.6 cm³/mol. The number of anilines is 1. The molecule has 1 amide bonds. The number of nitrogens with two attached hydrogens (primary N) is 2. The van der Waals surface area contributed by atoms with E-state index in [1.807, 2.05) is 0 Å². The second-order valence-electron chi connectivity index (χ2n) is 4.86. The van der Waals surface area contributed by atoms with E-state index in [0.29, 0.717) is 28.8 Å². The van der Waals surface area contributed by atoms with E-state index in [1.165, 1.54) is 0 Å². The van der Waals surface area contributed by atoms with Crippen LogP contribution in [-0.4, -0.2) is 16.9 Å². The van der Waals surface area contributed by atoms with Crippen molar-refractivity contribution < 1.29 is 4.79 Å². The van der Waals surface area contributed by atoms with Crippen molar-refractivity contribution in [1.82, 2.24) is 10.3 Å². The fraction of sp³-hybridized carbons (Fsp3) is 0.200. The van der Waals surface area contributed by atoms with Crippen LogP contribution in [0.2, 0.25) is 10.0 Å². The Labute approximate surface area is 138 Å². The smallest absolute Gasteiger partial charge is 0.237 e. The number of carbonyl (C=O) groups excluding carboxylic acids is 1. The molecule has 1 heterocycles. The number of halogens is 2. The molecule has 5 N–H and O–H groups in total. The SMILES string of the molecule is Nc1ccc(CNC(=O)[C@@H](N)Cc2cc(Cl)ccc2Cl)cn1. The summed E-state index contributed by atoms with van der Waals surface area (Å²) < 4.78 is 0. The van der Waals surface area contributed by atoms with Crippen LogP contribution in [0.25, 0.3) is 0 Å². The molecule has 5 nitrogen and oxygen atoms in total. The number of hydrogen-bond acceptors (Lipinski definition) is 4. The Hall–Kier alpha value is -1.82. The number of benzene rings is 1. The van der Waals surface area contributed by atoms with Crippen LogP contribution in [-0.2, 0) is 17.8 Å². The van der Waals surface area contributed by atoms with Gasteiger partial charge in [0.2, 0.25) is 5.91 Å². The van der Waals surface area contributed by atoms with E-state index in [9.17, 15) is 4.79 Å². The Bertz CT molecular complexity index is 661. The van der Waals surface area contributed by atoms with Crippen molar-refractivity contribution in [2.24, 2.45) is 5.73 Å². The third-order valence-electron chi connectivity index (χ3n) is 3.10. The normalized spacial score (nSPS) is 12.0. The molecule has 0 saturated heterocycles. The summed E-state index contributed by atoms with van der Waals surface area (Å²) in [5, 5.41) is 3.84. The van der Waals surface area contributed by atoms with Gasteiger partial charge in [-0.15, -0.1) is 0 Å². The minimum atomic E-state index is -0.710. The van der Waals surface area contributed by atoms with Gasteiger partial charge in [0.25, 0.3) is 0 Å². The van der Waals surface area contributed by atoms with E-state index in [4.69, 9.17) is 34.7 Å². The number of carbonyl (C=O) groups is 1. The molecule has 1 aromatic carbocycles. The minimum absolute atomic E-state index is 0.270. The van der Waals surface area contributed by atoms with Crippen LogP contribution in [0.1, 0.15) is 11.1 Å². The van der Waals surface area contributed by atoms with Gasteiger partial charge in [0, 0.05) is 22.8 Å². The Kier molecular flexibility index (Phi) is 5.60. The fourth-order valence-corrected chi connectivity index (χ4v) is 2.28. The van der Waals surface area contributed by atoms with Gasteiger partial charge in [0.05, 0.1) is 6.04 Å². The molecule has 0 radical (unpaired) electrons. The molecule has 0 unspecified atom stereocenters. The highest BCUT2D eigenvalue weighted by molar-refractivity contribution is 6.33. The topological polar surface area (TPSA) is 94.0 Å². The first-order chi connectivity index (χ1) is 10.5. The second-order valence-corrected chi connectivity index (χ2v) is 5.70. The van der Waals surface area contributed by atoms with Crippen LogP contribution < -0.4 is 16.8 Å². The van der Waals surface area contributed by atoms with Crippen molar-refractivity contribution in [3.05, 3.63) is 57.7 Å². The number of nitrogens with one attached hydrogen (secondary N) is 1. The van der Waals surface area contributed by atoms with Crippen LogP contribution in [0.15, 0.2) is 36.5 Å². The molecule has 0 spiro atoms. The third-order valence-corrected chi connectivity index (χ3v) is 3.70. The zero-order valence-corrected chi connectivity index (χ0v) is 13.2. The fourth-order valence-electron chi connectivity index (χ4n) is 1.89. The summed E-state index contributed by atoms with van der Waals surface area (Å²) in [5.41, 5.74) is 13.0. The molecule has 0 aliphatic heterocycles. The van der Waals surface area contributed by atoms with Crippen molar-refractivity contribution in [2.45, 2.75) is 19.0 Å². The minimum Gasteiger partial charge on any atom is -0.384 e. The van der Waals surface area contributed by atoms with Crippen LogP contribution >= 0.6 is 23.2 Å². The van der Waals surface area contributed by atoms with E-state index in [0.717, 1.165) is 11.1 Å². The van der Waals surface area contributed by atoms with Gasteiger partial charge in [0.1, 0.15) is 5.82 Å². The van der Waals surface area contributed by atoms with Crippen LogP contribution in [0, 0.1) is 0 Å². The molecule has 2 rings (SSSR count). The van der Waals surface area contributed by atoms with Gasteiger partial charge in [-0.3, -0.25) is 4.79 Å². The van der Waals surface area contributed by atoms with Crippen molar-refractivity contribution in [3.63, 3.8) is 0 Å². The molecule has 0 fully saturated rings. The van der Waals surface area contributed by atoms with E-state index < -0.39 is 6.04 Å². The van der Waals surface area contributed by atoms with Gasteiger partial charge in [-0.05, 0) is 41.8 Å². The number of nitrogens with zero attached hydrogens (tertiary/aromatic N) is 1. The molecule has 0 saturated carbocycles. The molecule has 0 bridgehead atoms. The summed E-state index contributed by atoms with van der Waals surface area (Å²) >= 11 is 12.0. The molecular formula is C15H16Cl2N4O. The molecule has 0 aliphatic rings. The Morgan fingerprint density at radius 3 is 2.73 bits per heavy atom. The average molecular weight is 339 g/mol. The Morgan fingerprint density at radius 2 is 2.05 bits per heavy atom. The van der Waals surface area contributed by atoms with Gasteiger partial charge in [-0.2, -0.15) is 0 Å². The zero-order chi connectivity index (χ0) is 16.1. The quantitative estimate of drug-likeness (QED) is 0.778. The number of nitrogen functional groups attached to an aromatic ring is 1. The highest BCUT2D eigenvalue weighted by Crippen LogP contribution is 2.21. The Morgan fingerprint density at radius 1 is 1.27 bits per heavy atom. The van der Waals surface area contributed by atoms with Gasteiger partial charge in [0.15, 0.2) is 0 Å². The van der Waals surface area contributed by atoms with Crippen LogP contribution in [0.5, 0.6) is 0 Å². The predicted octanol–water partition coefficient (Wildman–Crippen LogP) is 2.16. The maximum absolute atomic E-state index is 12.0. The first-order valence-electron chi connectivity index (χ1n) is 6.63. The maximum atomic E-state index is 12.0. The number of aromatic nitrogens is 1. The first-order valence-corrected chi connectivity index (χ1v) is 7.39. The second kappa shape index (κ2) is 7.45. The van der Waals surface area contributed by atoms with Gasteiger partial charge in [-0.1, -0.05) is 29.3 Å². The average Bonchev–Trinajstić information content (AvgIpc) is 2.50. The van der Waals surface area contributed by atoms with Crippen molar-refractivity contribution in [2.75, 3.05) is 5.73 Å². The van der Waals surface area contributed by atoms with Crippen LogP contribution in [0.3, 0.4) is 0 Å². The van der Waals surface area contributed by atoms with Crippen LogP contribution in [0.4, 0.5) is 5.82 Å². The van der Waals surface area contributed by atoms with Gasteiger partial charge >= 0.3 is 0 Å². The lowest BCUT2D eigenvalue weighted by Crippen LogP contribution is -2.41. The molecular weight excluding hydrogens is 323 g/mol. The first kappa shape index (κ1) is 16.5. The highest BCUT2D eigenvalue weighted by atomic mass is 35.5. The third kappa shape index (κ3) is 4.59. The Balaban J connectivity index is 1.91. The molecule has 1 aromatic heterocycles. The lowest BCUT2D eigenvalue weighted by Gasteiger charge is -2.13. The molecule has 0 aliphatic carbocycles. The zero-order valence-electron chi connectivity index (χ0n) is 11.7. The van der Waals surface area contributed by atoms with E-state index in [2.05, 4.69) is 10.3 Å². The maximum Gasteiger partial charge on any atom is 0.237 e. The van der Waals surface area contributed by atoms with Crippen molar-refractivity contribution in [1.29, 1.82) is 0 Å². The summed E-state index contributed by atoms with van der Waals surface area (Å²) in [7, 11) is 0. The standard InChI is InChI=1S/C15H16Cl2N4O/c16-11-2-3-12(17)10(5-11)6-13(18)15(22)21-8-9-1-4-14(19)20-7-9/h1-5,7,13H,6,8,18H2,(H2,19,20)(H,21,22)/t13-/m0/s1. The largest absolute Gasteiger partial charge is 0.384 e. The highest BCUT2D eigenvalue weighted by Gasteiger charge is 2.15. The molecule has 2 aromatic rings. The molecule has 116 valence electrons. The summed E-state index contributed by atoms with van der Waals surface area (Å²) in [6.07, 6.45) is 1.92. The monoisotopic (exact) mass is 338 g/mol. The summed E-state index contributed by atoms with van der Waals surface area (Å²) in [6, 6.07) is 7.84. The molecule has 1 atom stereocenters. The lowest BCUT2D eigenvalue weighted by molar-refractivity contribution is -0.122. The number of amides is 1. The van der Waals surface area contributed by atoms with Gasteiger partial charge < -0.3 is 16.8 Å². The van der Waals surface area contributed by atoms with E-state index >= 15 is 0 Å². The van der Waals surface area contributed by atoms with Gasteiger partial charge in [-0.25, -0.2) is 4.98 Å². The summed E-state index contributed by atoms with van der Waals surface area (Å²) in [4.78, 5) is 16.0. The lowest BCUT2D eigenvalue weighted by atomic mass is 10.1. The molecule has 22 heavy (non-hydrogen) atoms. The number of hydrogen-bond donors (Lipinski definition) is 3. The number of rotatable bonds is 5. The summed E-state index contributed by atoms with van der Waals surface area (Å²) in [6.45, 7) is 0.336. The number of pyridine rings is 1. The van der Waals surface area contributed by atoms with E-state index in [1.54, 1.807) is 36.5 Å². The molecule has 7 heteroatoms. The summed E-state index contributed by atoms with van der Waals surface area (Å²) in [5.74, 6) is 0.162.